The fourth-order valence-electron chi connectivity index (χ4n) is 1.29. The highest BCUT2D eigenvalue weighted by Crippen LogP contribution is 2.12. The number of carbonyl (C=O) groups excluding carboxylic acids is 1. The zero-order valence-electron chi connectivity index (χ0n) is 9.24. The third-order valence-electron chi connectivity index (χ3n) is 2.25. The molecule has 0 heterocycles. The number of hydrogen-bond acceptors (Lipinski definition) is 3. The highest BCUT2D eigenvalue weighted by atomic mass is 19.1. The van der Waals surface area contributed by atoms with Gasteiger partial charge in [-0.3, -0.25) is 4.79 Å². The molecule has 0 aliphatic heterocycles. The van der Waals surface area contributed by atoms with Crippen LogP contribution >= 0.6 is 0 Å². The summed E-state index contributed by atoms with van der Waals surface area (Å²) in [6, 6.07) is 2.57. The number of carbonyl (C=O) groups is 2. The summed E-state index contributed by atoms with van der Waals surface area (Å²) in [5, 5.41) is 11.0. The van der Waals surface area contributed by atoms with Crippen molar-refractivity contribution in [1.29, 1.82) is 0 Å². The normalized spacial score (nSPS) is 11.9. The van der Waals surface area contributed by atoms with Gasteiger partial charge >= 0.3 is 5.97 Å². The van der Waals surface area contributed by atoms with Crippen molar-refractivity contribution in [1.82, 2.24) is 5.32 Å². The molecule has 17 heavy (non-hydrogen) atoms. The molecular weight excluding hydrogens is 227 g/mol. The summed E-state index contributed by atoms with van der Waals surface area (Å²) >= 11 is 0. The first-order valence-corrected chi connectivity index (χ1v) is 5.04. The van der Waals surface area contributed by atoms with E-state index in [-0.39, 0.29) is 17.7 Å². The van der Waals surface area contributed by atoms with E-state index in [0.717, 1.165) is 6.07 Å². The predicted molar refractivity (Wildman–Crippen MR) is 60.0 cm³/mol. The smallest absolute Gasteiger partial charge is 0.326 e. The van der Waals surface area contributed by atoms with Crippen molar-refractivity contribution in [3.05, 3.63) is 29.6 Å². The maximum absolute atomic E-state index is 13.4. The zero-order valence-corrected chi connectivity index (χ0v) is 9.24. The Morgan fingerprint density at radius 1 is 1.53 bits per heavy atom. The topological polar surface area (TPSA) is 92.4 Å². The summed E-state index contributed by atoms with van der Waals surface area (Å²) in [5.74, 6) is -2.70. The van der Waals surface area contributed by atoms with Gasteiger partial charge in [0.2, 0.25) is 0 Å². The number of carboxylic acids is 1. The summed E-state index contributed by atoms with van der Waals surface area (Å²) in [6.07, 6.45) is 0.220. The molecule has 0 saturated heterocycles. The lowest BCUT2D eigenvalue weighted by Gasteiger charge is -2.12. The van der Waals surface area contributed by atoms with Gasteiger partial charge in [-0.25, -0.2) is 9.18 Å². The number of aliphatic carboxylic acids is 1. The fourth-order valence-corrected chi connectivity index (χ4v) is 1.29. The average molecular weight is 240 g/mol. The predicted octanol–water partition coefficient (Wildman–Crippen LogP) is 1.00. The first kappa shape index (κ1) is 13.0. The van der Waals surface area contributed by atoms with Crippen molar-refractivity contribution in [2.75, 3.05) is 5.73 Å². The van der Waals surface area contributed by atoms with Crippen molar-refractivity contribution in [2.24, 2.45) is 0 Å². The summed E-state index contributed by atoms with van der Waals surface area (Å²) in [5.41, 5.74) is 5.31. The van der Waals surface area contributed by atoms with Gasteiger partial charge in [0.1, 0.15) is 11.9 Å². The maximum atomic E-state index is 13.4. The Hall–Kier alpha value is -2.11. The summed E-state index contributed by atoms with van der Waals surface area (Å²) < 4.78 is 13.4. The summed E-state index contributed by atoms with van der Waals surface area (Å²) in [7, 11) is 0. The van der Waals surface area contributed by atoms with Crippen LogP contribution in [-0.4, -0.2) is 23.0 Å². The van der Waals surface area contributed by atoms with Crippen LogP contribution in [0.25, 0.3) is 0 Å². The lowest BCUT2D eigenvalue weighted by atomic mass is 10.1. The van der Waals surface area contributed by atoms with E-state index in [9.17, 15) is 14.0 Å². The minimum Gasteiger partial charge on any atom is -0.480 e. The second kappa shape index (κ2) is 5.29. The highest BCUT2D eigenvalue weighted by molar-refractivity contribution is 5.97. The Balaban J connectivity index is 2.86. The van der Waals surface area contributed by atoms with E-state index in [1.54, 1.807) is 6.92 Å². The van der Waals surface area contributed by atoms with Gasteiger partial charge in [0, 0.05) is 5.69 Å². The molecule has 4 N–H and O–H groups in total. The van der Waals surface area contributed by atoms with E-state index in [2.05, 4.69) is 5.32 Å². The molecule has 1 aromatic rings. The van der Waals surface area contributed by atoms with Crippen LogP contribution in [0.5, 0.6) is 0 Å². The Morgan fingerprint density at radius 2 is 2.18 bits per heavy atom. The number of rotatable bonds is 4. The van der Waals surface area contributed by atoms with Gasteiger partial charge in [-0.2, -0.15) is 0 Å². The van der Waals surface area contributed by atoms with E-state index in [1.807, 2.05) is 0 Å². The molecule has 1 aromatic carbocycles. The third-order valence-corrected chi connectivity index (χ3v) is 2.25. The number of halogens is 1. The Morgan fingerprint density at radius 3 is 2.65 bits per heavy atom. The minimum atomic E-state index is -1.16. The van der Waals surface area contributed by atoms with Crippen LogP contribution in [-0.2, 0) is 4.79 Å². The van der Waals surface area contributed by atoms with E-state index in [1.165, 1.54) is 12.1 Å². The molecule has 1 unspecified atom stereocenters. The van der Waals surface area contributed by atoms with Crippen LogP contribution < -0.4 is 11.1 Å². The molecule has 0 aliphatic carbocycles. The molecule has 0 aromatic heterocycles. The molecule has 1 rings (SSSR count). The van der Waals surface area contributed by atoms with Crippen molar-refractivity contribution < 1.29 is 19.1 Å². The highest BCUT2D eigenvalue weighted by Gasteiger charge is 2.20. The van der Waals surface area contributed by atoms with Crippen molar-refractivity contribution in [3.8, 4) is 0 Å². The molecule has 0 saturated carbocycles. The Labute approximate surface area is 97.4 Å². The minimum absolute atomic E-state index is 0.198. The first-order chi connectivity index (χ1) is 7.95. The van der Waals surface area contributed by atoms with Crippen LogP contribution in [0, 0.1) is 5.82 Å². The largest absolute Gasteiger partial charge is 0.480 e. The number of nitrogen functional groups attached to an aromatic ring is 1. The molecule has 0 radical (unpaired) electrons. The molecule has 5 nitrogen and oxygen atoms in total. The Bertz CT molecular complexity index is 448. The van der Waals surface area contributed by atoms with Crippen molar-refractivity contribution in [2.45, 2.75) is 19.4 Å². The molecule has 1 amide bonds. The standard InChI is InChI=1S/C11H13FN2O3/c1-2-9(11(16)17)14-10(15)7-4-3-6(13)5-8(7)12/h3-5,9H,2,13H2,1H3,(H,14,15)(H,16,17). The number of nitrogens with two attached hydrogens (primary N) is 1. The number of hydrogen-bond donors (Lipinski definition) is 3. The van der Waals surface area contributed by atoms with Gasteiger partial charge in [0.25, 0.3) is 5.91 Å². The van der Waals surface area contributed by atoms with Crippen molar-refractivity contribution in [3.63, 3.8) is 0 Å². The number of amides is 1. The molecule has 0 fully saturated rings. The van der Waals surface area contributed by atoms with Gasteiger partial charge in [-0.1, -0.05) is 6.92 Å². The number of benzene rings is 1. The van der Waals surface area contributed by atoms with Crippen molar-refractivity contribution >= 4 is 17.6 Å². The summed E-state index contributed by atoms with van der Waals surface area (Å²) in [6.45, 7) is 1.61. The SMILES string of the molecule is CCC(NC(=O)c1ccc(N)cc1F)C(=O)O. The van der Waals surface area contributed by atoms with Crippen LogP contribution in [0.3, 0.4) is 0 Å². The molecule has 92 valence electrons. The lowest BCUT2D eigenvalue weighted by molar-refractivity contribution is -0.139. The lowest BCUT2D eigenvalue weighted by Crippen LogP contribution is -2.40. The second-order valence-corrected chi connectivity index (χ2v) is 3.51. The second-order valence-electron chi connectivity index (χ2n) is 3.51. The zero-order chi connectivity index (χ0) is 13.0. The number of anilines is 1. The van der Waals surface area contributed by atoms with Crippen LogP contribution in [0.2, 0.25) is 0 Å². The van der Waals surface area contributed by atoms with E-state index in [0.29, 0.717) is 0 Å². The monoisotopic (exact) mass is 240 g/mol. The fraction of sp³-hybridized carbons (Fsp3) is 0.273. The molecule has 6 heteroatoms. The molecule has 0 aliphatic rings. The van der Waals surface area contributed by atoms with E-state index >= 15 is 0 Å². The van der Waals surface area contributed by atoms with Crippen LogP contribution in [0.15, 0.2) is 18.2 Å². The summed E-state index contributed by atoms with van der Waals surface area (Å²) in [4.78, 5) is 22.3. The Kier molecular flexibility index (Phi) is 4.03. The average Bonchev–Trinajstić information content (AvgIpc) is 2.24. The third kappa shape index (κ3) is 3.17. The number of carboxylic acid groups (broad SMARTS) is 1. The van der Waals surface area contributed by atoms with Gasteiger partial charge in [0.05, 0.1) is 5.56 Å². The molecule has 0 bridgehead atoms. The van der Waals surface area contributed by atoms with Crippen LogP contribution in [0.4, 0.5) is 10.1 Å². The van der Waals surface area contributed by atoms with E-state index in [4.69, 9.17) is 10.8 Å². The van der Waals surface area contributed by atoms with Gasteiger partial charge in [-0.05, 0) is 24.6 Å². The molecule has 1 atom stereocenters. The number of nitrogens with one attached hydrogen (secondary N) is 1. The quantitative estimate of drug-likeness (QED) is 0.684. The van der Waals surface area contributed by atoms with Gasteiger partial charge < -0.3 is 16.2 Å². The maximum Gasteiger partial charge on any atom is 0.326 e. The van der Waals surface area contributed by atoms with Gasteiger partial charge in [0.15, 0.2) is 0 Å². The first-order valence-electron chi connectivity index (χ1n) is 5.04. The molecule has 0 spiro atoms. The van der Waals surface area contributed by atoms with Crippen LogP contribution in [0.1, 0.15) is 23.7 Å². The van der Waals surface area contributed by atoms with Gasteiger partial charge in [-0.15, -0.1) is 0 Å². The van der Waals surface area contributed by atoms with E-state index < -0.39 is 23.7 Å². The molecular formula is C11H13FN2O3.